The average Bonchev–Trinajstić information content (AvgIpc) is 2.48. The molecule has 1 aromatic heterocycles. The number of carboxylic acid groups (broad SMARTS) is 1. The first-order valence-corrected chi connectivity index (χ1v) is 4.54. The number of nitrogens with zero attached hydrogens (tertiary/aromatic N) is 1. The molecule has 0 saturated heterocycles. The van der Waals surface area contributed by atoms with E-state index in [0.29, 0.717) is 12.4 Å². The lowest BCUT2D eigenvalue weighted by atomic mass is 10.0. The van der Waals surface area contributed by atoms with Gasteiger partial charge in [0.05, 0.1) is 6.61 Å². The van der Waals surface area contributed by atoms with Gasteiger partial charge in [-0.3, -0.25) is 0 Å². The summed E-state index contributed by atoms with van der Waals surface area (Å²) in [5, 5.41) is 8.89. The van der Waals surface area contributed by atoms with Crippen molar-refractivity contribution in [1.82, 2.24) is 4.98 Å². The van der Waals surface area contributed by atoms with E-state index in [4.69, 9.17) is 21.4 Å². The smallest absolute Gasteiger partial charge is 0.354 e. The number of hydrogen-bond donors (Lipinski definition) is 1. The molecule has 5 heteroatoms. The fourth-order valence-corrected chi connectivity index (χ4v) is 1.69. The average molecular weight is 214 g/mol. The Morgan fingerprint density at radius 2 is 2.50 bits per heavy atom. The Balaban J connectivity index is 2.58. The number of halogens is 1. The van der Waals surface area contributed by atoms with Crippen LogP contribution < -0.4 is 4.74 Å². The Labute approximate surface area is 85.5 Å². The zero-order chi connectivity index (χ0) is 10.3. The van der Waals surface area contributed by atoms with E-state index in [1.807, 2.05) is 6.92 Å². The molecule has 0 aromatic carbocycles. The second-order valence-corrected chi connectivity index (χ2v) is 3.59. The van der Waals surface area contributed by atoms with Gasteiger partial charge in [-0.15, -0.1) is 0 Å². The lowest BCUT2D eigenvalue weighted by Gasteiger charge is -2.03. The first-order chi connectivity index (χ1) is 6.59. The molecular formula is C9H8ClNO3. The molecule has 1 atom stereocenters. The van der Waals surface area contributed by atoms with Crippen LogP contribution in [0.4, 0.5) is 0 Å². The van der Waals surface area contributed by atoms with E-state index >= 15 is 0 Å². The van der Waals surface area contributed by atoms with Gasteiger partial charge in [-0.1, -0.05) is 18.5 Å². The van der Waals surface area contributed by atoms with Crippen molar-refractivity contribution in [3.05, 3.63) is 22.5 Å². The summed E-state index contributed by atoms with van der Waals surface area (Å²) in [4.78, 5) is 14.4. The summed E-state index contributed by atoms with van der Waals surface area (Å²) in [5.74, 6) is -0.387. The van der Waals surface area contributed by atoms with E-state index < -0.39 is 5.97 Å². The van der Waals surface area contributed by atoms with E-state index in [9.17, 15) is 4.79 Å². The minimum Gasteiger partial charge on any atom is -0.489 e. The minimum atomic E-state index is -1.08. The van der Waals surface area contributed by atoms with Gasteiger partial charge in [-0.2, -0.15) is 0 Å². The van der Waals surface area contributed by atoms with Gasteiger partial charge in [0, 0.05) is 11.5 Å². The van der Waals surface area contributed by atoms with Crippen LogP contribution in [0.5, 0.6) is 5.75 Å². The molecule has 0 spiro atoms. The fourth-order valence-electron chi connectivity index (χ4n) is 1.44. The molecule has 1 N–H and O–H groups in total. The molecule has 1 unspecified atom stereocenters. The van der Waals surface area contributed by atoms with Crippen molar-refractivity contribution in [3.8, 4) is 5.75 Å². The van der Waals surface area contributed by atoms with Crippen LogP contribution in [0.2, 0.25) is 5.15 Å². The molecule has 14 heavy (non-hydrogen) atoms. The molecule has 0 amide bonds. The standard InChI is InChI=1S/C9H8ClNO3/c1-4-3-14-7-5(4)2-6(9(12)13)11-8(7)10/h2,4H,3H2,1H3,(H,12,13). The maximum Gasteiger partial charge on any atom is 0.354 e. The summed E-state index contributed by atoms with van der Waals surface area (Å²) in [6.45, 7) is 2.48. The maximum atomic E-state index is 10.7. The summed E-state index contributed by atoms with van der Waals surface area (Å²) in [6.07, 6.45) is 0. The molecule has 2 rings (SSSR count). The molecule has 0 fully saturated rings. The zero-order valence-corrected chi connectivity index (χ0v) is 8.21. The number of aromatic nitrogens is 1. The predicted molar refractivity (Wildman–Crippen MR) is 50.1 cm³/mol. The first-order valence-electron chi connectivity index (χ1n) is 4.16. The van der Waals surface area contributed by atoms with Gasteiger partial charge in [-0.05, 0) is 6.07 Å². The number of rotatable bonds is 1. The van der Waals surface area contributed by atoms with Crippen molar-refractivity contribution in [2.24, 2.45) is 0 Å². The summed E-state index contributed by atoms with van der Waals surface area (Å²) in [6, 6.07) is 1.52. The van der Waals surface area contributed by atoms with Crippen LogP contribution in [0.25, 0.3) is 0 Å². The molecule has 0 aliphatic carbocycles. The largest absolute Gasteiger partial charge is 0.489 e. The Morgan fingerprint density at radius 1 is 1.79 bits per heavy atom. The second kappa shape index (κ2) is 3.13. The third-order valence-corrected chi connectivity index (χ3v) is 2.44. The highest BCUT2D eigenvalue weighted by molar-refractivity contribution is 6.31. The van der Waals surface area contributed by atoms with Gasteiger partial charge < -0.3 is 9.84 Å². The van der Waals surface area contributed by atoms with Gasteiger partial charge in [0.25, 0.3) is 0 Å². The van der Waals surface area contributed by atoms with E-state index in [0.717, 1.165) is 5.56 Å². The van der Waals surface area contributed by atoms with Crippen molar-refractivity contribution >= 4 is 17.6 Å². The fraction of sp³-hybridized carbons (Fsp3) is 0.333. The van der Waals surface area contributed by atoms with Crippen LogP contribution in [-0.4, -0.2) is 22.7 Å². The molecule has 0 bridgehead atoms. The molecule has 0 radical (unpaired) electrons. The molecule has 4 nitrogen and oxygen atoms in total. The Hall–Kier alpha value is -1.29. The molecule has 1 aliphatic rings. The Morgan fingerprint density at radius 3 is 3.14 bits per heavy atom. The third kappa shape index (κ3) is 1.32. The maximum absolute atomic E-state index is 10.7. The molecule has 74 valence electrons. The van der Waals surface area contributed by atoms with Gasteiger partial charge in [0.1, 0.15) is 0 Å². The molecule has 0 saturated carbocycles. The normalized spacial score (nSPS) is 18.9. The predicted octanol–water partition coefficient (Wildman–Crippen LogP) is 1.93. The number of ether oxygens (including phenoxy) is 1. The second-order valence-electron chi connectivity index (χ2n) is 3.23. The van der Waals surface area contributed by atoms with Gasteiger partial charge in [-0.25, -0.2) is 9.78 Å². The topological polar surface area (TPSA) is 59.4 Å². The minimum absolute atomic E-state index is 0.0360. The molecule has 1 aliphatic heterocycles. The highest BCUT2D eigenvalue weighted by Gasteiger charge is 2.25. The molecule has 2 heterocycles. The summed E-state index contributed by atoms with van der Waals surface area (Å²) < 4.78 is 5.29. The van der Waals surface area contributed by atoms with Crippen LogP contribution in [0, 0.1) is 0 Å². The number of aromatic carboxylic acids is 1. The monoisotopic (exact) mass is 213 g/mol. The van der Waals surface area contributed by atoms with Crippen molar-refractivity contribution in [2.75, 3.05) is 6.61 Å². The van der Waals surface area contributed by atoms with E-state index in [2.05, 4.69) is 4.98 Å². The Bertz CT molecular complexity index is 405. The quantitative estimate of drug-likeness (QED) is 0.725. The van der Waals surface area contributed by atoms with Crippen molar-refractivity contribution in [3.63, 3.8) is 0 Å². The van der Waals surface area contributed by atoms with Crippen molar-refractivity contribution in [1.29, 1.82) is 0 Å². The molecular weight excluding hydrogens is 206 g/mol. The first kappa shape index (κ1) is 9.27. The highest BCUT2D eigenvalue weighted by Crippen LogP contribution is 2.38. The number of pyridine rings is 1. The Kier molecular flexibility index (Phi) is 2.07. The third-order valence-electron chi connectivity index (χ3n) is 2.19. The van der Waals surface area contributed by atoms with Gasteiger partial charge >= 0.3 is 5.97 Å². The van der Waals surface area contributed by atoms with Gasteiger partial charge in [0.2, 0.25) is 0 Å². The van der Waals surface area contributed by atoms with Crippen LogP contribution in [0.3, 0.4) is 0 Å². The lowest BCUT2D eigenvalue weighted by molar-refractivity contribution is 0.0690. The van der Waals surface area contributed by atoms with Crippen molar-refractivity contribution in [2.45, 2.75) is 12.8 Å². The SMILES string of the molecule is CC1COc2c1cc(C(=O)O)nc2Cl. The van der Waals surface area contributed by atoms with E-state index in [1.165, 1.54) is 6.07 Å². The van der Waals surface area contributed by atoms with E-state index in [1.54, 1.807) is 0 Å². The van der Waals surface area contributed by atoms with Crippen molar-refractivity contribution < 1.29 is 14.6 Å². The zero-order valence-electron chi connectivity index (χ0n) is 7.45. The number of fused-ring (bicyclic) bond motifs is 1. The van der Waals surface area contributed by atoms with Crippen LogP contribution >= 0.6 is 11.6 Å². The van der Waals surface area contributed by atoms with Crippen LogP contribution in [-0.2, 0) is 0 Å². The summed E-state index contributed by atoms with van der Waals surface area (Å²) in [7, 11) is 0. The number of hydrogen-bond acceptors (Lipinski definition) is 3. The van der Waals surface area contributed by atoms with E-state index in [-0.39, 0.29) is 16.8 Å². The number of carboxylic acids is 1. The van der Waals surface area contributed by atoms with Gasteiger partial charge in [0.15, 0.2) is 16.6 Å². The van der Waals surface area contributed by atoms with Crippen LogP contribution in [0.15, 0.2) is 6.07 Å². The number of carbonyl (C=O) groups is 1. The lowest BCUT2D eigenvalue weighted by Crippen LogP contribution is -2.01. The highest BCUT2D eigenvalue weighted by atomic mass is 35.5. The summed E-state index contributed by atoms with van der Waals surface area (Å²) in [5.41, 5.74) is 0.786. The molecule has 1 aromatic rings. The summed E-state index contributed by atoms with van der Waals surface area (Å²) >= 11 is 5.78. The van der Waals surface area contributed by atoms with Crippen LogP contribution in [0.1, 0.15) is 28.9 Å².